The second-order valence-electron chi connectivity index (χ2n) is 6.49. The van der Waals surface area contributed by atoms with E-state index in [1.807, 2.05) is 12.1 Å². The van der Waals surface area contributed by atoms with E-state index < -0.39 is 0 Å². The number of anilines is 1. The molecule has 0 bridgehead atoms. The number of amides is 1. The summed E-state index contributed by atoms with van der Waals surface area (Å²) in [6.07, 6.45) is 4.76. The molecule has 4 rings (SSSR count). The Morgan fingerprint density at radius 2 is 1.93 bits per heavy atom. The number of furan rings is 1. The molecule has 6 nitrogen and oxygen atoms in total. The summed E-state index contributed by atoms with van der Waals surface area (Å²) >= 11 is 0. The van der Waals surface area contributed by atoms with Crippen molar-refractivity contribution in [3.8, 4) is 11.1 Å². The first kappa shape index (κ1) is 17.2. The van der Waals surface area contributed by atoms with E-state index in [-0.39, 0.29) is 17.8 Å². The van der Waals surface area contributed by atoms with Gasteiger partial charge in [0.05, 0.1) is 6.26 Å². The van der Waals surface area contributed by atoms with Crippen LogP contribution in [0.25, 0.3) is 11.1 Å². The van der Waals surface area contributed by atoms with Gasteiger partial charge in [-0.2, -0.15) is 5.10 Å². The van der Waals surface area contributed by atoms with Crippen molar-refractivity contribution in [1.29, 1.82) is 0 Å². The second kappa shape index (κ2) is 7.57. The van der Waals surface area contributed by atoms with Crippen molar-refractivity contribution in [3.63, 3.8) is 0 Å². The van der Waals surface area contributed by atoms with Crippen molar-refractivity contribution in [1.82, 2.24) is 15.1 Å². The maximum absolute atomic E-state index is 13.2. The Balaban J connectivity index is 1.42. The summed E-state index contributed by atoms with van der Waals surface area (Å²) < 4.78 is 18.6. The highest BCUT2D eigenvalue weighted by molar-refractivity contribution is 5.98. The lowest BCUT2D eigenvalue weighted by Gasteiger charge is -2.32. The number of piperidine rings is 1. The number of nitrogens with zero attached hydrogens (tertiary/aromatic N) is 3. The fourth-order valence-corrected chi connectivity index (χ4v) is 3.29. The van der Waals surface area contributed by atoms with E-state index >= 15 is 0 Å². The zero-order chi connectivity index (χ0) is 18.6. The molecular weight excluding hydrogens is 347 g/mol. The normalized spacial score (nSPS) is 14.9. The first-order valence-electron chi connectivity index (χ1n) is 8.87. The maximum Gasteiger partial charge on any atom is 0.290 e. The predicted octanol–water partition coefficient (Wildman–Crippen LogP) is 3.59. The van der Waals surface area contributed by atoms with E-state index in [0.717, 1.165) is 24.2 Å². The number of rotatable bonds is 4. The van der Waals surface area contributed by atoms with Crippen LogP contribution in [-0.4, -0.2) is 40.1 Å². The number of benzene rings is 1. The number of likely N-dealkylation sites (tertiary alicyclic amines) is 1. The fourth-order valence-electron chi connectivity index (χ4n) is 3.29. The van der Waals surface area contributed by atoms with Crippen molar-refractivity contribution in [2.24, 2.45) is 0 Å². The molecule has 1 amide bonds. The van der Waals surface area contributed by atoms with Crippen LogP contribution in [0.4, 0.5) is 10.2 Å². The SMILES string of the molecule is O=C(c1occc1-c1ccc(F)cc1)N1CCC(Nc2cccnn2)CC1. The van der Waals surface area contributed by atoms with E-state index in [1.165, 1.54) is 18.4 Å². The molecule has 2 aromatic heterocycles. The van der Waals surface area contributed by atoms with Crippen LogP contribution in [0, 0.1) is 5.82 Å². The number of carbonyl (C=O) groups is 1. The highest BCUT2D eigenvalue weighted by Gasteiger charge is 2.27. The first-order valence-corrected chi connectivity index (χ1v) is 8.87. The summed E-state index contributed by atoms with van der Waals surface area (Å²) in [7, 11) is 0. The molecule has 0 saturated carbocycles. The van der Waals surface area contributed by atoms with E-state index in [1.54, 1.807) is 29.3 Å². The van der Waals surface area contributed by atoms with Crippen LogP contribution in [0.3, 0.4) is 0 Å². The van der Waals surface area contributed by atoms with E-state index in [9.17, 15) is 9.18 Å². The molecule has 0 radical (unpaired) electrons. The maximum atomic E-state index is 13.2. The Bertz CT molecular complexity index is 903. The molecule has 1 N–H and O–H groups in total. The highest BCUT2D eigenvalue weighted by atomic mass is 19.1. The lowest BCUT2D eigenvalue weighted by molar-refractivity contribution is 0.0687. The summed E-state index contributed by atoms with van der Waals surface area (Å²) in [5.74, 6) is 0.582. The monoisotopic (exact) mass is 366 g/mol. The highest BCUT2D eigenvalue weighted by Crippen LogP contribution is 2.27. The molecule has 27 heavy (non-hydrogen) atoms. The molecule has 0 atom stereocenters. The Hall–Kier alpha value is -3.22. The first-order chi connectivity index (χ1) is 13.2. The zero-order valence-corrected chi connectivity index (χ0v) is 14.6. The summed E-state index contributed by atoms with van der Waals surface area (Å²) in [5, 5.41) is 11.2. The van der Waals surface area contributed by atoms with Crippen molar-refractivity contribution in [3.05, 3.63) is 66.5 Å². The number of nitrogens with one attached hydrogen (secondary N) is 1. The van der Waals surface area contributed by atoms with Crippen LogP contribution >= 0.6 is 0 Å². The minimum absolute atomic E-state index is 0.141. The van der Waals surface area contributed by atoms with Crippen LogP contribution in [0.2, 0.25) is 0 Å². The minimum atomic E-state index is -0.312. The molecule has 0 aliphatic carbocycles. The Labute approximate surface area is 156 Å². The van der Waals surface area contributed by atoms with Crippen LogP contribution in [-0.2, 0) is 0 Å². The van der Waals surface area contributed by atoms with Crippen LogP contribution < -0.4 is 5.32 Å². The predicted molar refractivity (Wildman–Crippen MR) is 98.7 cm³/mol. The summed E-state index contributed by atoms with van der Waals surface area (Å²) in [6.45, 7) is 1.25. The third-order valence-electron chi connectivity index (χ3n) is 4.72. The van der Waals surface area contributed by atoms with Gasteiger partial charge in [0.2, 0.25) is 0 Å². The molecule has 1 saturated heterocycles. The Morgan fingerprint density at radius 1 is 1.15 bits per heavy atom. The average molecular weight is 366 g/mol. The molecule has 0 unspecified atom stereocenters. The third-order valence-corrected chi connectivity index (χ3v) is 4.72. The number of hydrogen-bond donors (Lipinski definition) is 1. The molecule has 0 spiro atoms. The van der Waals surface area contributed by atoms with E-state index in [4.69, 9.17) is 4.42 Å². The quantitative estimate of drug-likeness (QED) is 0.764. The van der Waals surface area contributed by atoms with Gasteiger partial charge in [0.1, 0.15) is 11.6 Å². The molecule has 1 aliphatic heterocycles. The Morgan fingerprint density at radius 3 is 2.63 bits per heavy atom. The van der Waals surface area contributed by atoms with E-state index in [0.29, 0.717) is 24.4 Å². The molecule has 7 heteroatoms. The Kier molecular flexibility index (Phi) is 4.82. The van der Waals surface area contributed by atoms with Crippen molar-refractivity contribution in [2.45, 2.75) is 18.9 Å². The van der Waals surface area contributed by atoms with Crippen molar-refractivity contribution in [2.75, 3.05) is 18.4 Å². The molecule has 138 valence electrons. The molecular formula is C20H19FN4O2. The number of halogens is 1. The van der Waals surface area contributed by atoms with Gasteiger partial charge in [-0.25, -0.2) is 4.39 Å². The largest absolute Gasteiger partial charge is 0.459 e. The second-order valence-corrected chi connectivity index (χ2v) is 6.49. The van der Waals surface area contributed by atoms with Gasteiger partial charge < -0.3 is 14.6 Å². The van der Waals surface area contributed by atoms with Gasteiger partial charge in [0, 0.05) is 30.9 Å². The molecule has 1 aromatic carbocycles. The topological polar surface area (TPSA) is 71.3 Å². The summed E-state index contributed by atoms with van der Waals surface area (Å²) in [4.78, 5) is 14.7. The van der Waals surface area contributed by atoms with Crippen molar-refractivity contribution >= 4 is 11.7 Å². The molecule has 1 aliphatic rings. The van der Waals surface area contributed by atoms with Gasteiger partial charge in [-0.05, 0) is 48.7 Å². The van der Waals surface area contributed by atoms with Gasteiger partial charge in [0.15, 0.2) is 5.76 Å². The smallest absolute Gasteiger partial charge is 0.290 e. The third kappa shape index (κ3) is 3.81. The van der Waals surface area contributed by atoms with Gasteiger partial charge in [-0.15, -0.1) is 5.10 Å². The number of hydrogen-bond acceptors (Lipinski definition) is 5. The lowest BCUT2D eigenvalue weighted by Crippen LogP contribution is -2.42. The summed E-state index contributed by atoms with van der Waals surface area (Å²) in [6, 6.07) is 11.7. The molecule has 1 fully saturated rings. The molecule has 3 aromatic rings. The van der Waals surface area contributed by atoms with Crippen molar-refractivity contribution < 1.29 is 13.6 Å². The van der Waals surface area contributed by atoms with Gasteiger partial charge >= 0.3 is 0 Å². The fraction of sp³-hybridized carbons (Fsp3) is 0.250. The van der Waals surface area contributed by atoms with Crippen LogP contribution in [0.5, 0.6) is 0 Å². The summed E-state index contributed by atoms with van der Waals surface area (Å²) in [5.41, 5.74) is 1.44. The number of carbonyl (C=O) groups excluding carboxylic acids is 1. The zero-order valence-electron chi connectivity index (χ0n) is 14.6. The van der Waals surface area contributed by atoms with Crippen LogP contribution in [0.15, 0.2) is 59.3 Å². The standard InChI is InChI=1S/C20H19FN4O2/c21-15-5-3-14(4-6-15)17-9-13-27-19(17)20(26)25-11-7-16(8-12-25)23-18-2-1-10-22-24-18/h1-6,9-10,13,16H,7-8,11-12H2,(H,23,24). The lowest BCUT2D eigenvalue weighted by atomic mass is 10.0. The molecule has 3 heterocycles. The van der Waals surface area contributed by atoms with Gasteiger partial charge in [0.25, 0.3) is 5.91 Å². The van der Waals surface area contributed by atoms with E-state index in [2.05, 4.69) is 15.5 Å². The average Bonchev–Trinajstić information content (AvgIpc) is 3.19. The van der Waals surface area contributed by atoms with Crippen LogP contribution in [0.1, 0.15) is 23.4 Å². The van der Waals surface area contributed by atoms with Gasteiger partial charge in [-0.1, -0.05) is 12.1 Å². The minimum Gasteiger partial charge on any atom is -0.459 e. The number of aromatic nitrogens is 2. The van der Waals surface area contributed by atoms with Gasteiger partial charge in [-0.3, -0.25) is 4.79 Å².